The topological polar surface area (TPSA) is 27.3 Å². The summed E-state index contributed by atoms with van der Waals surface area (Å²) in [5.74, 6) is 0. The minimum absolute atomic E-state index is 0.489. The predicted molar refractivity (Wildman–Crippen MR) is 81.3 cm³/mol. The summed E-state index contributed by atoms with van der Waals surface area (Å²) < 4.78 is 0. The number of fused-ring (bicyclic) bond motifs is 1. The van der Waals surface area contributed by atoms with E-state index in [0.717, 1.165) is 19.6 Å². The van der Waals surface area contributed by atoms with E-state index in [9.17, 15) is 0 Å². The van der Waals surface area contributed by atoms with Crippen LogP contribution in [0.25, 0.3) is 0 Å². The van der Waals surface area contributed by atoms with E-state index in [4.69, 9.17) is 0 Å². The van der Waals surface area contributed by atoms with Crippen LogP contribution in [0.4, 0.5) is 0 Å². The second kappa shape index (κ2) is 7.04. The van der Waals surface area contributed by atoms with Gasteiger partial charge in [-0.3, -0.25) is 0 Å². The van der Waals surface area contributed by atoms with Gasteiger partial charge in [0.15, 0.2) is 0 Å². The van der Waals surface area contributed by atoms with Crippen molar-refractivity contribution in [1.82, 2.24) is 15.5 Å². The molecule has 0 radical (unpaired) electrons. The Bertz CT molecular complexity index is 389. The van der Waals surface area contributed by atoms with E-state index < -0.39 is 0 Å². The number of nitrogens with one attached hydrogen (secondary N) is 2. The average Bonchev–Trinajstić information content (AvgIpc) is 2.59. The Balaban J connectivity index is 1.99. The maximum atomic E-state index is 3.80. The van der Waals surface area contributed by atoms with E-state index in [1.165, 1.54) is 24.0 Å². The number of benzene rings is 1. The van der Waals surface area contributed by atoms with Gasteiger partial charge in [0.1, 0.15) is 0 Å². The molecule has 0 spiro atoms. The zero-order chi connectivity index (χ0) is 13.7. The molecular weight excluding hydrogens is 234 g/mol. The fourth-order valence-corrected chi connectivity index (χ4v) is 2.71. The van der Waals surface area contributed by atoms with E-state index in [1.54, 1.807) is 0 Å². The van der Waals surface area contributed by atoms with E-state index in [1.807, 2.05) is 0 Å². The minimum Gasteiger partial charge on any atom is -0.313 e. The molecule has 2 N–H and O–H groups in total. The molecule has 19 heavy (non-hydrogen) atoms. The van der Waals surface area contributed by atoms with Crippen LogP contribution >= 0.6 is 0 Å². The molecule has 0 aromatic heterocycles. The van der Waals surface area contributed by atoms with Crippen molar-refractivity contribution in [3.63, 3.8) is 0 Å². The van der Waals surface area contributed by atoms with Crippen molar-refractivity contribution in [3.05, 3.63) is 35.4 Å². The number of hydrogen-bond donors (Lipinski definition) is 2. The lowest BCUT2D eigenvalue weighted by Gasteiger charge is -2.24. The summed E-state index contributed by atoms with van der Waals surface area (Å²) in [6, 6.07) is 9.86. The van der Waals surface area contributed by atoms with Crippen molar-refractivity contribution in [2.24, 2.45) is 0 Å². The van der Waals surface area contributed by atoms with Crippen molar-refractivity contribution >= 4 is 0 Å². The fraction of sp³-hybridized carbons (Fsp3) is 0.625. The van der Waals surface area contributed by atoms with Gasteiger partial charge in [0.05, 0.1) is 0 Å². The zero-order valence-corrected chi connectivity index (χ0v) is 12.4. The normalized spacial score (nSPS) is 20.9. The lowest BCUT2D eigenvalue weighted by atomic mass is 9.98. The first-order chi connectivity index (χ1) is 9.16. The molecule has 2 unspecified atom stereocenters. The van der Waals surface area contributed by atoms with Crippen LogP contribution < -0.4 is 10.6 Å². The Kier molecular flexibility index (Phi) is 5.37. The summed E-state index contributed by atoms with van der Waals surface area (Å²) in [7, 11) is 4.27. The van der Waals surface area contributed by atoms with Crippen LogP contribution in [0.2, 0.25) is 0 Å². The van der Waals surface area contributed by atoms with Gasteiger partial charge in [-0.2, -0.15) is 0 Å². The average molecular weight is 261 g/mol. The van der Waals surface area contributed by atoms with Crippen LogP contribution in [-0.2, 0) is 6.54 Å². The van der Waals surface area contributed by atoms with E-state index in [0.29, 0.717) is 12.1 Å². The van der Waals surface area contributed by atoms with Gasteiger partial charge in [0.25, 0.3) is 0 Å². The quantitative estimate of drug-likeness (QED) is 0.850. The number of rotatable bonds is 5. The molecule has 1 aliphatic heterocycles. The lowest BCUT2D eigenvalue weighted by molar-refractivity contribution is 0.345. The summed E-state index contributed by atoms with van der Waals surface area (Å²) >= 11 is 0. The SMILES string of the molecule is CC(CCN(C)C)NC1CCNCc2ccccc21. The molecule has 0 saturated carbocycles. The van der Waals surface area contributed by atoms with Crippen LogP contribution in [0.15, 0.2) is 24.3 Å². The Morgan fingerprint density at radius 2 is 2.16 bits per heavy atom. The lowest BCUT2D eigenvalue weighted by Crippen LogP contribution is -2.33. The molecule has 1 aromatic rings. The highest BCUT2D eigenvalue weighted by molar-refractivity contribution is 5.31. The molecule has 2 atom stereocenters. The monoisotopic (exact) mass is 261 g/mol. The number of hydrogen-bond acceptors (Lipinski definition) is 3. The van der Waals surface area contributed by atoms with Crippen LogP contribution in [0.5, 0.6) is 0 Å². The molecule has 0 bridgehead atoms. The summed E-state index contributed by atoms with van der Waals surface area (Å²) in [6.45, 7) is 5.53. The smallest absolute Gasteiger partial charge is 0.0337 e. The Labute approximate surface area is 117 Å². The Hall–Kier alpha value is -0.900. The van der Waals surface area contributed by atoms with Crippen LogP contribution in [0, 0.1) is 0 Å². The first-order valence-electron chi connectivity index (χ1n) is 7.36. The summed E-state index contributed by atoms with van der Waals surface area (Å²) in [4.78, 5) is 2.25. The Morgan fingerprint density at radius 1 is 1.37 bits per heavy atom. The molecule has 0 fully saturated rings. The fourth-order valence-electron chi connectivity index (χ4n) is 2.71. The largest absolute Gasteiger partial charge is 0.313 e. The van der Waals surface area contributed by atoms with Crippen molar-refractivity contribution < 1.29 is 0 Å². The highest BCUT2D eigenvalue weighted by Gasteiger charge is 2.19. The van der Waals surface area contributed by atoms with Gasteiger partial charge in [-0.05, 0) is 58.1 Å². The molecule has 106 valence electrons. The molecule has 2 rings (SSSR count). The molecule has 1 heterocycles. The molecule has 3 nitrogen and oxygen atoms in total. The van der Waals surface area contributed by atoms with Crippen LogP contribution in [0.3, 0.4) is 0 Å². The van der Waals surface area contributed by atoms with Gasteiger partial charge in [-0.1, -0.05) is 24.3 Å². The number of nitrogens with zero attached hydrogens (tertiary/aromatic N) is 1. The van der Waals surface area contributed by atoms with E-state index >= 15 is 0 Å². The van der Waals surface area contributed by atoms with Crippen molar-refractivity contribution in [2.75, 3.05) is 27.2 Å². The summed E-state index contributed by atoms with van der Waals surface area (Å²) in [6.07, 6.45) is 2.36. The molecule has 0 amide bonds. The minimum atomic E-state index is 0.489. The van der Waals surface area contributed by atoms with Gasteiger partial charge in [0, 0.05) is 18.6 Å². The maximum Gasteiger partial charge on any atom is 0.0337 e. The first kappa shape index (κ1) is 14.5. The van der Waals surface area contributed by atoms with E-state index in [2.05, 4.69) is 60.8 Å². The second-order valence-corrected chi connectivity index (χ2v) is 5.88. The van der Waals surface area contributed by atoms with Gasteiger partial charge in [-0.15, -0.1) is 0 Å². The molecule has 3 heteroatoms. The highest BCUT2D eigenvalue weighted by atomic mass is 15.1. The van der Waals surface area contributed by atoms with Crippen molar-refractivity contribution in [2.45, 2.75) is 38.4 Å². The molecule has 1 aromatic carbocycles. The van der Waals surface area contributed by atoms with Gasteiger partial charge in [0.2, 0.25) is 0 Å². The first-order valence-corrected chi connectivity index (χ1v) is 7.36. The van der Waals surface area contributed by atoms with Gasteiger partial charge in [-0.25, -0.2) is 0 Å². The summed E-state index contributed by atoms with van der Waals surface area (Å²) in [5.41, 5.74) is 2.92. The molecular formula is C16H27N3. The third kappa shape index (κ3) is 4.30. The van der Waals surface area contributed by atoms with Crippen LogP contribution in [0.1, 0.15) is 36.9 Å². The summed E-state index contributed by atoms with van der Waals surface area (Å²) in [5, 5.41) is 7.31. The Morgan fingerprint density at radius 3 is 2.95 bits per heavy atom. The van der Waals surface area contributed by atoms with Crippen molar-refractivity contribution in [1.29, 1.82) is 0 Å². The molecule has 0 aliphatic carbocycles. The van der Waals surface area contributed by atoms with Crippen molar-refractivity contribution in [3.8, 4) is 0 Å². The zero-order valence-electron chi connectivity index (χ0n) is 12.4. The third-order valence-electron chi connectivity index (χ3n) is 3.85. The highest BCUT2D eigenvalue weighted by Crippen LogP contribution is 2.24. The third-order valence-corrected chi connectivity index (χ3v) is 3.85. The predicted octanol–water partition coefficient (Wildman–Crippen LogP) is 2.15. The van der Waals surface area contributed by atoms with Gasteiger partial charge >= 0.3 is 0 Å². The maximum absolute atomic E-state index is 3.80. The molecule has 0 saturated heterocycles. The van der Waals surface area contributed by atoms with Crippen LogP contribution in [-0.4, -0.2) is 38.1 Å². The standard InChI is InChI=1S/C16H27N3/c1-13(9-11-19(2)3)18-16-8-10-17-12-14-6-4-5-7-15(14)16/h4-7,13,16-18H,8-12H2,1-3H3. The second-order valence-electron chi connectivity index (χ2n) is 5.88. The van der Waals surface area contributed by atoms with Gasteiger partial charge < -0.3 is 15.5 Å². The molecule has 1 aliphatic rings. The van der Waals surface area contributed by atoms with E-state index in [-0.39, 0.29) is 0 Å².